The number of benzene rings is 1. The molecule has 4 aromatic rings. The van der Waals surface area contributed by atoms with E-state index in [1.165, 1.54) is 19.1 Å². The van der Waals surface area contributed by atoms with E-state index in [9.17, 15) is 14.3 Å². The van der Waals surface area contributed by atoms with E-state index in [0.717, 1.165) is 40.9 Å². The Hall–Kier alpha value is -3.37. The number of aliphatic hydroxyl groups excluding tert-OH is 1. The third kappa shape index (κ3) is 4.39. The molecule has 3 aromatic heterocycles. The van der Waals surface area contributed by atoms with Gasteiger partial charge >= 0.3 is 0 Å². The average Bonchev–Trinajstić information content (AvgIpc) is 3.30. The fraction of sp³-hybridized carbons (Fsp3) is 0.280. The molecule has 4 heterocycles. The summed E-state index contributed by atoms with van der Waals surface area (Å²) in [5, 5.41) is 14.0. The molecule has 1 saturated heterocycles. The number of nitrogens with zero attached hydrogens (tertiary/aromatic N) is 5. The SMILES string of the molecule is C[C@@H](O)C(=O)N1CCC(c2nc3c(-c4ccc(-c5ccc(F)cc5)nc4)cnn3c(N)c2Br)CC1. The van der Waals surface area contributed by atoms with E-state index < -0.39 is 6.10 Å². The Morgan fingerprint density at radius 3 is 2.46 bits per heavy atom. The maximum atomic E-state index is 13.2. The number of aromatic nitrogens is 4. The Kier molecular flexibility index (Phi) is 6.24. The second-order valence-corrected chi connectivity index (χ2v) is 9.50. The molecule has 180 valence electrons. The summed E-state index contributed by atoms with van der Waals surface area (Å²) in [5.41, 5.74) is 11.1. The van der Waals surface area contributed by atoms with E-state index in [-0.39, 0.29) is 17.6 Å². The fourth-order valence-electron chi connectivity index (χ4n) is 4.47. The van der Waals surface area contributed by atoms with Gasteiger partial charge in [-0.1, -0.05) is 6.07 Å². The Morgan fingerprint density at radius 1 is 1.14 bits per heavy atom. The van der Waals surface area contributed by atoms with E-state index >= 15 is 0 Å². The number of nitrogen functional groups attached to an aromatic ring is 1. The van der Waals surface area contributed by atoms with E-state index in [1.54, 1.807) is 33.9 Å². The lowest BCUT2D eigenvalue weighted by molar-refractivity contribution is -0.140. The van der Waals surface area contributed by atoms with Gasteiger partial charge in [0.1, 0.15) is 17.7 Å². The van der Waals surface area contributed by atoms with Gasteiger partial charge in [0.2, 0.25) is 0 Å². The first-order valence-electron chi connectivity index (χ1n) is 11.4. The van der Waals surface area contributed by atoms with Crippen molar-refractivity contribution in [3.8, 4) is 22.4 Å². The summed E-state index contributed by atoms with van der Waals surface area (Å²) in [5.74, 6) is 0.0220. The normalized spacial score (nSPS) is 15.5. The highest BCUT2D eigenvalue weighted by Crippen LogP contribution is 2.37. The van der Waals surface area contributed by atoms with Crippen LogP contribution in [0.15, 0.2) is 53.3 Å². The van der Waals surface area contributed by atoms with Gasteiger partial charge in [0.25, 0.3) is 5.91 Å². The van der Waals surface area contributed by atoms with Crippen LogP contribution in [0.25, 0.3) is 28.0 Å². The van der Waals surface area contributed by atoms with Gasteiger partial charge in [-0.3, -0.25) is 9.78 Å². The lowest BCUT2D eigenvalue weighted by Crippen LogP contribution is -2.42. The molecular formula is C25H24BrFN6O2. The molecule has 1 atom stereocenters. The zero-order valence-corrected chi connectivity index (χ0v) is 20.6. The number of carbonyl (C=O) groups is 1. The standard InChI is InChI=1S/C25H24BrFN6O2/c1-14(34)25(35)32-10-8-16(9-11-32)22-21(26)23(28)33-24(31-22)19(13-30-33)17-4-7-20(29-12-17)15-2-5-18(27)6-3-15/h2-7,12-14,16,34H,8-11,28H2,1H3/t14-/m1/s1. The number of halogens is 2. The summed E-state index contributed by atoms with van der Waals surface area (Å²) in [6.45, 7) is 2.59. The molecule has 0 spiro atoms. The van der Waals surface area contributed by atoms with Gasteiger partial charge in [0.15, 0.2) is 5.65 Å². The Balaban J connectivity index is 1.45. The Morgan fingerprint density at radius 2 is 1.83 bits per heavy atom. The zero-order valence-electron chi connectivity index (χ0n) is 19.0. The maximum absolute atomic E-state index is 13.2. The molecule has 3 N–H and O–H groups in total. The van der Waals surface area contributed by atoms with Gasteiger partial charge in [-0.2, -0.15) is 9.61 Å². The van der Waals surface area contributed by atoms with Crippen molar-refractivity contribution >= 4 is 33.3 Å². The average molecular weight is 539 g/mol. The van der Waals surface area contributed by atoms with E-state index in [2.05, 4.69) is 26.0 Å². The zero-order chi connectivity index (χ0) is 24.7. The van der Waals surface area contributed by atoms with Crippen molar-refractivity contribution in [2.75, 3.05) is 18.8 Å². The lowest BCUT2D eigenvalue weighted by atomic mass is 9.93. The third-order valence-corrected chi connectivity index (χ3v) is 7.23. The van der Waals surface area contributed by atoms with Gasteiger partial charge in [0, 0.05) is 41.9 Å². The molecular weight excluding hydrogens is 515 g/mol. The number of amides is 1. The molecule has 1 fully saturated rings. The molecule has 8 nitrogen and oxygen atoms in total. The Labute approximate surface area is 209 Å². The van der Waals surface area contributed by atoms with Crippen LogP contribution in [0.1, 0.15) is 31.4 Å². The van der Waals surface area contributed by atoms with Gasteiger partial charge in [-0.05, 0) is 66.0 Å². The molecule has 1 aliphatic rings. The quantitative estimate of drug-likeness (QED) is 0.406. The highest BCUT2D eigenvalue weighted by molar-refractivity contribution is 9.10. The predicted molar refractivity (Wildman–Crippen MR) is 134 cm³/mol. The molecule has 1 amide bonds. The number of fused-ring (bicyclic) bond motifs is 1. The number of hydrogen-bond acceptors (Lipinski definition) is 6. The van der Waals surface area contributed by atoms with Crippen LogP contribution in [0.4, 0.5) is 10.2 Å². The minimum absolute atomic E-state index is 0.108. The van der Waals surface area contributed by atoms with Crippen molar-refractivity contribution in [2.24, 2.45) is 0 Å². The smallest absolute Gasteiger partial charge is 0.251 e. The molecule has 0 bridgehead atoms. The van der Waals surface area contributed by atoms with Crippen LogP contribution in [0.2, 0.25) is 0 Å². The van der Waals surface area contributed by atoms with Crippen molar-refractivity contribution in [1.29, 1.82) is 0 Å². The van der Waals surface area contributed by atoms with Crippen molar-refractivity contribution < 1.29 is 14.3 Å². The predicted octanol–water partition coefficient (Wildman–Crippen LogP) is 4.03. The number of hydrogen-bond donors (Lipinski definition) is 2. The topological polar surface area (TPSA) is 110 Å². The molecule has 0 unspecified atom stereocenters. The van der Waals surface area contributed by atoms with Crippen LogP contribution in [-0.2, 0) is 4.79 Å². The highest BCUT2D eigenvalue weighted by atomic mass is 79.9. The fourth-order valence-corrected chi connectivity index (χ4v) is 5.05. The number of pyridine rings is 1. The second-order valence-electron chi connectivity index (χ2n) is 8.70. The van der Waals surface area contributed by atoms with Gasteiger partial charge < -0.3 is 15.7 Å². The summed E-state index contributed by atoms with van der Waals surface area (Å²) < 4.78 is 15.5. The van der Waals surface area contributed by atoms with Gasteiger partial charge in [0.05, 0.1) is 22.1 Å². The molecule has 35 heavy (non-hydrogen) atoms. The molecule has 10 heteroatoms. The number of anilines is 1. The lowest BCUT2D eigenvalue weighted by Gasteiger charge is -2.33. The molecule has 1 aliphatic heterocycles. The number of rotatable bonds is 4. The molecule has 0 radical (unpaired) electrons. The minimum atomic E-state index is -0.999. The van der Waals surface area contributed by atoms with Crippen LogP contribution in [0.3, 0.4) is 0 Å². The second kappa shape index (κ2) is 9.35. The first-order valence-corrected chi connectivity index (χ1v) is 12.1. The monoisotopic (exact) mass is 538 g/mol. The minimum Gasteiger partial charge on any atom is -0.384 e. The first-order chi connectivity index (χ1) is 16.8. The van der Waals surface area contributed by atoms with Crippen LogP contribution in [-0.4, -0.2) is 54.7 Å². The van der Waals surface area contributed by atoms with E-state index in [4.69, 9.17) is 10.7 Å². The largest absolute Gasteiger partial charge is 0.384 e. The summed E-state index contributed by atoms with van der Waals surface area (Å²) in [7, 11) is 0. The Bertz CT molecular complexity index is 1380. The van der Waals surface area contributed by atoms with E-state index in [0.29, 0.717) is 29.0 Å². The summed E-state index contributed by atoms with van der Waals surface area (Å²) in [6.07, 6.45) is 3.90. The molecule has 1 aromatic carbocycles. The summed E-state index contributed by atoms with van der Waals surface area (Å²) >= 11 is 3.60. The van der Waals surface area contributed by atoms with E-state index in [1.807, 2.05) is 12.1 Å². The highest BCUT2D eigenvalue weighted by Gasteiger charge is 2.29. The van der Waals surface area contributed by atoms with Crippen molar-refractivity contribution in [2.45, 2.75) is 31.8 Å². The van der Waals surface area contributed by atoms with Crippen LogP contribution >= 0.6 is 15.9 Å². The van der Waals surface area contributed by atoms with Crippen molar-refractivity contribution in [1.82, 2.24) is 24.5 Å². The molecule has 0 saturated carbocycles. The van der Waals surface area contributed by atoms with Crippen LogP contribution in [0, 0.1) is 5.82 Å². The van der Waals surface area contributed by atoms with Gasteiger partial charge in [-0.15, -0.1) is 0 Å². The van der Waals surface area contributed by atoms with Crippen molar-refractivity contribution in [3.05, 3.63) is 64.8 Å². The maximum Gasteiger partial charge on any atom is 0.251 e. The first kappa shape index (κ1) is 23.4. The summed E-state index contributed by atoms with van der Waals surface area (Å²) in [4.78, 5) is 23.3. The number of likely N-dealkylation sites (tertiary alicyclic amines) is 1. The number of carbonyl (C=O) groups excluding carboxylic acids is 1. The van der Waals surface area contributed by atoms with Crippen molar-refractivity contribution in [3.63, 3.8) is 0 Å². The number of nitrogens with two attached hydrogens (primary N) is 1. The molecule has 0 aliphatic carbocycles. The van der Waals surface area contributed by atoms with Crippen LogP contribution < -0.4 is 5.73 Å². The third-order valence-electron chi connectivity index (χ3n) is 6.41. The van der Waals surface area contributed by atoms with Gasteiger partial charge in [-0.25, -0.2) is 9.37 Å². The number of aliphatic hydroxyl groups is 1. The summed E-state index contributed by atoms with van der Waals surface area (Å²) in [6, 6.07) is 10.0. The van der Waals surface area contributed by atoms with Crippen LogP contribution in [0.5, 0.6) is 0 Å². The number of piperidine rings is 1. The molecule has 5 rings (SSSR count).